The Morgan fingerprint density at radius 1 is 1.12 bits per heavy atom. The topological polar surface area (TPSA) is 98.8 Å². The molecule has 0 saturated heterocycles. The van der Waals surface area contributed by atoms with Gasteiger partial charge in [-0.05, 0) is 37.4 Å². The smallest absolute Gasteiger partial charge is 0.177 e. The molecule has 3 aromatic rings. The fraction of sp³-hybridized carbons (Fsp3) is 0.333. The molecule has 1 saturated carbocycles. The highest BCUT2D eigenvalue weighted by atomic mass is 16.5. The molecule has 2 heterocycles. The van der Waals surface area contributed by atoms with Crippen molar-refractivity contribution in [3.8, 4) is 17.6 Å². The Labute approximate surface area is 198 Å². The monoisotopic (exact) mass is 457 g/mol. The number of aromatic nitrogens is 1. The Morgan fingerprint density at radius 3 is 2.44 bits per heavy atom. The van der Waals surface area contributed by atoms with E-state index in [1.165, 1.54) is 13.3 Å². The Hall–Kier alpha value is -3.44. The van der Waals surface area contributed by atoms with Crippen molar-refractivity contribution in [2.24, 2.45) is 5.92 Å². The first-order valence-corrected chi connectivity index (χ1v) is 11.2. The summed E-state index contributed by atoms with van der Waals surface area (Å²) in [6, 6.07) is 19.0. The van der Waals surface area contributed by atoms with E-state index >= 15 is 0 Å². The van der Waals surface area contributed by atoms with Crippen molar-refractivity contribution in [1.29, 1.82) is 5.26 Å². The van der Waals surface area contributed by atoms with Crippen LogP contribution in [0.2, 0.25) is 0 Å². The van der Waals surface area contributed by atoms with Crippen LogP contribution in [0.15, 0.2) is 67.0 Å². The number of aliphatic hydroxyl groups is 2. The van der Waals surface area contributed by atoms with Crippen molar-refractivity contribution in [2.45, 2.75) is 23.2 Å². The van der Waals surface area contributed by atoms with Crippen molar-refractivity contribution >= 4 is 0 Å². The zero-order valence-corrected chi connectivity index (χ0v) is 19.3. The minimum Gasteiger partial charge on any atom is -0.495 e. The van der Waals surface area contributed by atoms with Crippen LogP contribution < -0.4 is 9.47 Å². The van der Waals surface area contributed by atoms with E-state index in [0.29, 0.717) is 34.7 Å². The summed E-state index contributed by atoms with van der Waals surface area (Å²) < 4.78 is 12.3. The average Bonchev–Trinajstić information content (AvgIpc) is 3.23. The van der Waals surface area contributed by atoms with Crippen molar-refractivity contribution in [2.75, 3.05) is 27.7 Å². The molecule has 3 unspecified atom stereocenters. The third-order valence-electron chi connectivity index (χ3n) is 7.19. The first-order chi connectivity index (χ1) is 16.4. The molecule has 2 aromatic carbocycles. The van der Waals surface area contributed by atoms with Crippen LogP contribution in [-0.2, 0) is 11.2 Å². The molecular weight excluding hydrogens is 430 g/mol. The van der Waals surface area contributed by atoms with E-state index in [2.05, 4.69) is 11.1 Å². The lowest BCUT2D eigenvalue weighted by Crippen LogP contribution is -2.52. The predicted octanol–water partition coefficient (Wildman–Crippen LogP) is 2.77. The van der Waals surface area contributed by atoms with Crippen LogP contribution in [0.4, 0.5) is 0 Å². The average molecular weight is 458 g/mol. The van der Waals surface area contributed by atoms with Gasteiger partial charge in [-0.15, -0.1) is 0 Å². The highest BCUT2D eigenvalue weighted by Crippen LogP contribution is 2.69. The van der Waals surface area contributed by atoms with Crippen LogP contribution in [0.25, 0.3) is 0 Å². The van der Waals surface area contributed by atoms with Gasteiger partial charge in [-0.3, -0.25) is 4.98 Å². The van der Waals surface area contributed by atoms with Gasteiger partial charge < -0.3 is 24.6 Å². The largest absolute Gasteiger partial charge is 0.495 e. The van der Waals surface area contributed by atoms with Crippen molar-refractivity contribution in [3.63, 3.8) is 0 Å². The number of ether oxygens (including phenoxy) is 2. The maximum atomic E-state index is 12.6. The zero-order valence-electron chi connectivity index (χ0n) is 19.3. The number of nitriles is 1. The molecule has 2 N–H and O–H groups in total. The molecule has 7 heteroatoms. The Morgan fingerprint density at radius 2 is 1.82 bits per heavy atom. The van der Waals surface area contributed by atoms with E-state index in [1.54, 1.807) is 30.5 Å². The number of pyridine rings is 1. The molecule has 174 valence electrons. The van der Waals surface area contributed by atoms with Crippen LogP contribution in [0.1, 0.15) is 28.2 Å². The summed E-state index contributed by atoms with van der Waals surface area (Å²) in [5, 5.41) is 33.9. The van der Waals surface area contributed by atoms with Crippen molar-refractivity contribution in [1.82, 2.24) is 9.88 Å². The van der Waals surface area contributed by atoms with E-state index in [9.17, 15) is 15.5 Å². The number of fused-ring (bicyclic) bond motifs is 3. The Kier molecular flexibility index (Phi) is 5.33. The van der Waals surface area contributed by atoms with Gasteiger partial charge in [0, 0.05) is 18.4 Å². The highest BCUT2D eigenvalue weighted by molar-refractivity contribution is 5.59. The summed E-state index contributed by atoms with van der Waals surface area (Å²) in [6.07, 6.45) is 1.90. The van der Waals surface area contributed by atoms with Crippen LogP contribution in [-0.4, -0.2) is 54.0 Å². The first kappa shape index (κ1) is 22.4. The van der Waals surface area contributed by atoms with Gasteiger partial charge in [-0.1, -0.05) is 42.5 Å². The molecule has 5 rings (SSSR count). The number of nitrogens with zero attached hydrogens (tertiary/aromatic N) is 3. The molecule has 5 atom stereocenters. The molecular formula is C27H27N3O4. The molecule has 1 aliphatic carbocycles. The molecule has 1 aromatic heterocycles. The van der Waals surface area contributed by atoms with E-state index in [0.717, 1.165) is 5.56 Å². The lowest BCUT2D eigenvalue weighted by Gasteiger charge is -2.41. The number of hydrogen-bond acceptors (Lipinski definition) is 7. The first-order valence-electron chi connectivity index (χ1n) is 11.2. The molecule has 0 amide bonds. The van der Waals surface area contributed by atoms with E-state index in [1.807, 2.05) is 49.3 Å². The minimum atomic E-state index is -1.83. The van der Waals surface area contributed by atoms with Crippen molar-refractivity contribution < 1.29 is 19.7 Å². The molecule has 0 spiro atoms. The van der Waals surface area contributed by atoms with Crippen LogP contribution in [0, 0.1) is 17.2 Å². The van der Waals surface area contributed by atoms with Gasteiger partial charge in [0.15, 0.2) is 11.2 Å². The summed E-state index contributed by atoms with van der Waals surface area (Å²) in [6.45, 7) is 0.521. The van der Waals surface area contributed by atoms with E-state index < -0.39 is 23.2 Å². The second kappa shape index (κ2) is 8.10. The lowest BCUT2D eigenvalue weighted by molar-refractivity contribution is -0.152. The van der Waals surface area contributed by atoms with Gasteiger partial charge in [-0.25, -0.2) is 0 Å². The third kappa shape index (κ3) is 2.90. The second-order valence-corrected chi connectivity index (χ2v) is 9.27. The minimum absolute atomic E-state index is 0.354. The summed E-state index contributed by atoms with van der Waals surface area (Å²) in [7, 11) is 5.40. The molecule has 1 aliphatic heterocycles. The SMILES string of the molecule is COc1cncc2c1C1(O)[C@H](O)C(CN(C)C)[C@@H](c3ccccc3)C1(c1ccc(C#N)cc1)O2. The van der Waals surface area contributed by atoms with Gasteiger partial charge in [0.1, 0.15) is 11.5 Å². The lowest BCUT2D eigenvalue weighted by atomic mass is 9.70. The van der Waals surface area contributed by atoms with Gasteiger partial charge in [0.2, 0.25) is 0 Å². The molecule has 1 fully saturated rings. The molecule has 0 radical (unpaired) electrons. The van der Waals surface area contributed by atoms with E-state index in [-0.39, 0.29) is 5.92 Å². The molecule has 0 bridgehead atoms. The van der Waals surface area contributed by atoms with E-state index in [4.69, 9.17) is 9.47 Å². The maximum Gasteiger partial charge on any atom is 0.177 e. The van der Waals surface area contributed by atoms with Crippen LogP contribution in [0.5, 0.6) is 11.5 Å². The standard InChI is InChI=1S/C27H27N3O4/c1-30(2)16-20-23(18-7-5-4-6-8-18)27(19-11-9-17(13-28)10-12-19)26(32,25(20)31)24-21(33-3)14-29-15-22(24)34-27/h4-12,14-15,20,23,25,31-32H,16H2,1-3H3/t20?,23-,25-,26?,27?/m1/s1. The summed E-state index contributed by atoms with van der Waals surface area (Å²) >= 11 is 0. The summed E-state index contributed by atoms with van der Waals surface area (Å²) in [4.78, 5) is 6.24. The second-order valence-electron chi connectivity index (χ2n) is 9.27. The van der Waals surface area contributed by atoms with Gasteiger partial charge in [0.05, 0.1) is 42.8 Å². The Bertz CT molecular complexity index is 1240. The fourth-order valence-corrected chi connectivity index (χ4v) is 5.95. The molecule has 2 aliphatic rings. The fourth-order valence-electron chi connectivity index (χ4n) is 5.95. The number of benzene rings is 2. The molecule has 7 nitrogen and oxygen atoms in total. The van der Waals surface area contributed by atoms with Crippen molar-refractivity contribution in [3.05, 3.63) is 89.2 Å². The summed E-state index contributed by atoms with van der Waals surface area (Å²) in [5.41, 5.74) is -0.704. The number of aliphatic hydroxyl groups excluding tert-OH is 1. The van der Waals surface area contributed by atoms with Crippen LogP contribution >= 0.6 is 0 Å². The van der Waals surface area contributed by atoms with Gasteiger partial charge in [0.25, 0.3) is 0 Å². The van der Waals surface area contributed by atoms with Crippen LogP contribution in [0.3, 0.4) is 0 Å². The number of methoxy groups -OCH3 is 1. The highest BCUT2D eigenvalue weighted by Gasteiger charge is 2.76. The predicted molar refractivity (Wildman–Crippen MR) is 125 cm³/mol. The number of rotatable bonds is 5. The maximum absolute atomic E-state index is 12.6. The quantitative estimate of drug-likeness (QED) is 0.608. The zero-order chi connectivity index (χ0) is 24.1. The summed E-state index contributed by atoms with van der Waals surface area (Å²) in [5.74, 6) is -0.0633. The Balaban J connectivity index is 1.85. The van der Waals surface area contributed by atoms with Gasteiger partial charge >= 0.3 is 0 Å². The van der Waals surface area contributed by atoms with Gasteiger partial charge in [-0.2, -0.15) is 5.26 Å². The number of hydrogen-bond donors (Lipinski definition) is 2. The normalized spacial score (nSPS) is 29.3. The third-order valence-corrected chi connectivity index (χ3v) is 7.19. The molecule has 34 heavy (non-hydrogen) atoms.